The number of aromatic nitrogens is 1. The minimum atomic E-state index is -1.12. The summed E-state index contributed by atoms with van der Waals surface area (Å²) in [5.74, 6) is -1.17. The molecular formula is C18H25NO5. The summed E-state index contributed by atoms with van der Waals surface area (Å²) >= 11 is 0. The Labute approximate surface area is 142 Å². The van der Waals surface area contributed by atoms with Crippen molar-refractivity contribution in [1.82, 2.24) is 4.98 Å². The molecule has 2 unspecified atom stereocenters. The van der Waals surface area contributed by atoms with Crippen LogP contribution in [0.25, 0.3) is 0 Å². The average Bonchev–Trinajstić information content (AvgIpc) is 2.61. The molecule has 0 aromatic carbocycles. The number of carbonyl (C=O) groups excluding carboxylic acids is 2. The average molecular weight is 335 g/mol. The van der Waals surface area contributed by atoms with E-state index in [1.165, 1.54) is 12.6 Å². The van der Waals surface area contributed by atoms with E-state index in [9.17, 15) is 9.59 Å². The Kier molecular flexibility index (Phi) is 7.18. The van der Waals surface area contributed by atoms with Crippen molar-refractivity contribution in [3.8, 4) is 0 Å². The lowest BCUT2D eigenvalue weighted by molar-refractivity contribution is -0.177. The van der Waals surface area contributed by atoms with E-state index in [0.717, 1.165) is 25.7 Å². The van der Waals surface area contributed by atoms with Crippen LogP contribution in [0.5, 0.6) is 0 Å². The first-order chi connectivity index (χ1) is 11.6. The quantitative estimate of drug-likeness (QED) is 0.713. The molecule has 1 aliphatic rings. The van der Waals surface area contributed by atoms with Crippen molar-refractivity contribution in [2.75, 3.05) is 6.61 Å². The fraction of sp³-hybridized carbons (Fsp3) is 0.611. The third kappa shape index (κ3) is 5.30. The summed E-state index contributed by atoms with van der Waals surface area (Å²) in [4.78, 5) is 28.4. The Morgan fingerprint density at radius 3 is 2.62 bits per heavy atom. The SMILES string of the molecule is CCOC(=O)C(OC(=O)C(C)OC1CCCCC1)c1cccnc1. The first-order valence-electron chi connectivity index (χ1n) is 8.54. The van der Waals surface area contributed by atoms with Crippen LogP contribution >= 0.6 is 0 Å². The predicted molar refractivity (Wildman–Crippen MR) is 87.1 cm³/mol. The second-order valence-corrected chi connectivity index (χ2v) is 5.89. The molecule has 6 heteroatoms. The Hall–Kier alpha value is -1.95. The zero-order valence-corrected chi connectivity index (χ0v) is 14.3. The van der Waals surface area contributed by atoms with E-state index >= 15 is 0 Å². The third-order valence-electron chi connectivity index (χ3n) is 4.00. The third-order valence-corrected chi connectivity index (χ3v) is 4.00. The maximum atomic E-state index is 12.3. The van der Waals surface area contributed by atoms with E-state index in [4.69, 9.17) is 14.2 Å². The van der Waals surface area contributed by atoms with Gasteiger partial charge < -0.3 is 14.2 Å². The van der Waals surface area contributed by atoms with Gasteiger partial charge in [0, 0.05) is 18.0 Å². The Morgan fingerprint density at radius 2 is 2.00 bits per heavy atom. The summed E-state index contributed by atoms with van der Waals surface area (Å²) in [5, 5.41) is 0. The zero-order chi connectivity index (χ0) is 17.4. The van der Waals surface area contributed by atoms with E-state index in [-0.39, 0.29) is 12.7 Å². The first-order valence-corrected chi connectivity index (χ1v) is 8.54. The minimum absolute atomic E-state index is 0.0840. The first kappa shape index (κ1) is 18.4. The van der Waals surface area contributed by atoms with Crippen LogP contribution in [-0.4, -0.2) is 35.7 Å². The van der Waals surface area contributed by atoms with Crippen molar-refractivity contribution < 1.29 is 23.8 Å². The molecule has 1 heterocycles. The Bertz CT molecular complexity index is 527. The summed E-state index contributed by atoms with van der Waals surface area (Å²) in [6.45, 7) is 3.57. The second-order valence-electron chi connectivity index (χ2n) is 5.89. The molecule has 1 aliphatic carbocycles. The number of nitrogens with zero attached hydrogens (tertiary/aromatic N) is 1. The smallest absolute Gasteiger partial charge is 0.352 e. The highest BCUT2D eigenvalue weighted by atomic mass is 16.6. The molecule has 132 valence electrons. The summed E-state index contributed by atoms with van der Waals surface area (Å²) in [7, 11) is 0. The van der Waals surface area contributed by atoms with Crippen LogP contribution in [0, 0.1) is 0 Å². The van der Waals surface area contributed by atoms with Crippen molar-refractivity contribution in [1.29, 1.82) is 0 Å². The molecule has 2 rings (SSSR count). The van der Waals surface area contributed by atoms with Crippen molar-refractivity contribution in [3.05, 3.63) is 30.1 Å². The highest BCUT2D eigenvalue weighted by molar-refractivity contribution is 5.82. The van der Waals surface area contributed by atoms with Crippen LogP contribution in [0.1, 0.15) is 57.6 Å². The molecule has 0 amide bonds. The van der Waals surface area contributed by atoms with Crippen molar-refractivity contribution in [3.63, 3.8) is 0 Å². The maximum absolute atomic E-state index is 12.3. The van der Waals surface area contributed by atoms with Crippen LogP contribution in [0.3, 0.4) is 0 Å². The summed E-state index contributed by atoms with van der Waals surface area (Å²) in [6, 6.07) is 3.35. The number of esters is 2. The second kappa shape index (κ2) is 9.37. The molecule has 6 nitrogen and oxygen atoms in total. The van der Waals surface area contributed by atoms with Gasteiger partial charge in [0.25, 0.3) is 0 Å². The van der Waals surface area contributed by atoms with Gasteiger partial charge in [-0.15, -0.1) is 0 Å². The zero-order valence-electron chi connectivity index (χ0n) is 14.3. The number of hydrogen-bond acceptors (Lipinski definition) is 6. The number of carbonyl (C=O) groups is 2. The number of ether oxygens (including phenoxy) is 3. The summed E-state index contributed by atoms with van der Waals surface area (Å²) in [6.07, 6.45) is 6.68. The van der Waals surface area contributed by atoms with Crippen molar-refractivity contribution >= 4 is 11.9 Å². The normalized spacial score (nSPS) is 17.8. The number of pyridine rings is 1. The van der Waals surface area contributed by atoms with Gasteiger partial charge in [0.1, 0.15) is 0 Å². The van der Waals surface area contributed by atoms with Gasteiger partial charge in [0.2, 0.25) is 6.10 Å². The highest BCUT2D eigenvalue weighted by Crippen LogP contribution is 2.23. The van der Waals surface area contributed by atoms with Gasteiger partial charge in [0.05, 0.1) is 12.7 Å². The molecule has 0 bridgehead atoms. The molecular weight excluding hydrogens is 310 g/mol. The van der Waals surface area contributed by atoms with E-state index in [1.807, 2.05) is 0 Å². The lowest BCUT2D eigenvalue weighted by Crippen LogP contribution is -2.32. The lowest BCUT2D eigenvalue weighted by atomic mass is 9.98. The molecule has 0 spiro atoms. The van der Waals surface area contributed by atoms with Crippen LogP contribution in [0.15, 0.2) is 24.5 Å². The van der Waals surface area contributed by atoms with E-state index < -0.39 is 24.1 Å². The fourth-order valence-electron chi connectivity index (χ4n) is 2.76. The molecule has 24 heavy (non-hydrogen) atoms. The standard InChI is InChI=1S/C18H25NO5/c1-3-22-18(21)16(14-8-7-11-19-12-14)24-17(20)13(2)23-15-9-5-4-6-10-15/h7-8,11-13,15-16H,3-6,9-10H2,1-2H3. The fourth-order valence-corrected chi connectivity index (χ4v) is 2.76. The number of rotatable bonds is 7. The van der Waals surface area contributed by atoms with Crippen molar-refractivity contribution in [2.45, 2.75) is 64.3 Å². The molecule has 0 N–H and O–H groups in total. The van der Waals surface area contributed by atoms with Gasteiger partial charge >= 0.3 is 11.9 Å². The van der Waals surface area contributed by atoms with Gasteiger partial charge in [-0.1, -0.05) is 25.3 Å². The molecule has 1 aromatic heterocycles. The van der Waals surface area contributed by atoms with Gasteiger partial charge in [-0.25, -0.2) is 9.59 Å². The minimum Gasteiger partial charge on any atom is -0.463 e. The van der Waals surface area contributed by atoms with Crippen molar-refractivity contribution in [2.24, 2.45) is 0 Å². The van der Waals surface area contributed by atoms with E-state index in [1.54, 1.807) is 32.2 Å². The summed E-state index contributed by atoms with van der Waals surface area (Å²) in [5.41, 5.74) is 0.481. The van der Waals surface area contributed by atoms with Crippen LogP contribution in [-0.2, 0) is 23.8 Å². The Balaban J connectivity index is 1.99. The molecule has 0 aliphatic heterocycles. The molecule has 2 atom stereocenters. The van der Waals surface area contributed by atoms with E-state index in [0.29, 0.717) is 5.56 Å². The molecule has 1 aromatic rings. The highest BCUT2D eigenvalue weighted by Gasteiger charge is 2.30. The topological polar surface area (TPSA) is 74.7 Å². The predicted octanol–water partition coefficient (Wildman–Crippen LogP) is 2.97. The largest absolute Gasteiger partial charge is 0.463 e. The molecule has 1 fully saturated rings. The monoisotopic (exact) mass is 335 g/mol. The molecule has 1 saturated carbocycles. The van der Waals surface area contributed by atoms with Crippen LogP contribution in [0.2, 0.25) is 0 Å². The number of hydrogen-bond donors (Lipinski definition) is 0. The van der Waals surface area contributed by atoms with Crippen LogP contribution < -0.4 is 0 Å². The molecule has 0 radical (unpaired) electrons. The maximum Gasteiger partial charge on any atom is 0.352 e. The van der Waals surface area contributed by atoms with Gasteiger partial charge in [0.15, 0.2) is 6.10 Å². The van der Waals surface area contributed by atoms with Crippen LogP contribution in [0.4, 0.5) is 0 Å². The van der Waals surface area contributed by atoms with Gasteiger partial charge in [-0.3, -0.25) is 4.98 Å². The van der Waals surface area contributed by atoms with Gasteiger partial charge in [-0.2, -0.15) is 0 Å². The van der Waals surface area contributed by atoms with E-state index in [2.05, 4.69) is 4.98 Å². The lowest BCUT2D eigenvalue weighted by Gasteiger charge is -2.25. The molecule has 0 saturated heterocycles. The van der Waals surface area contributed by atoms with Gasteiger partial charge in [-0.05, 0) is 32.8 Å². The summed E-state index contributed by atoms with van der Waals surface area (Å²) < 4.78 is 16.2. The Morgan fingerprint density at radius 1 is 1.25 bits per heavy atom.